The summed E-state index contributed by atoms with van der Waals surface area (Å²) in [5.74, 6) is 0.202. The molecule has 1 aromatic heterocycles. The first kappa shape index (κ1) is 14.0. The number of anilines is 1. The molecule has 0 aromatic carbocycles. The van der Waals surface area contributed by atoms with E-state index in [2.05, 4.69) is 4.98 Å². The lowest BCUT2D eigenvalue weighted by Crippen LogP contribution is -2.29. The van der Waals surface area contributed by atoms with Crippen molar-refractivity contribution in [1.82, 2.24) is 9.55 Å². The lowest BCUT2D eigenvalue weighted by atomic mass is 10.2. The molecule has 7 heteroatoms. The Balaban J connectivity index is 2.12. The van der Waals surface area contributed by atoms with Crippen LogP contribution in [0, 0.1) is 0 Å². The predicted molar refractivity (Wildman–Crippen MR) is 68.7 cm³/mol. The molecule has 1 aromatic rings. The molecule has 1 aliphatic rings. The molecule has 2 N–H and O–H groups in total. The van der Waals surface area contributed by atoms with Crippen molar-refractivity contribution in [2.24, 2.45) is 0 Å². The van der Waals surface area contributed by atoms with E-state index in [9.17, 15) is 4.79 Å². The normalized spacial score (nSPS) is 26.7. The molecule has 0 saturated carbocycles. The van der Waals surface area contributed by atoms with Gasteiger partial charge in [-0.15, -0.1) is 0 Å². The van der Waals surface area contributed by atoms with Crippen LogP contribution in [0.1, 0.15) is 19.6 Å². The number of aromatic nitrogens is 2. The zero-order chi connectivity index (χ0) is 13.8. The highest BCUT2D eigenvalue weighted by atomic mass is 16.6. The third kappa shape index (κ3) is 3.12. The third-order valence-corrected chi connectivity index (χ3v) is 3.13. The van der Waals surface area contributed by atoms with Gasteiger partial charge in [0, 0.05) is 26.3 Å². The fourth-order valence-corrected chi connectivity index (χ4v) is 2.15. The van der Waals surface area contributed by atoms with Crippen LogP contribution in [0.15, 0.2) is 17.1 Å². The van der Waals surface area contributed by atoms with Gasteiger partial charge in [0.15, 0.2) is 0 Å². The summed E-state index contributed by atoms with van der Waals surface area (Å²) >= 11 is 0. The summed E-state index contributed by atoms with van der Waals surface area (Å²) in [5.41, 5.74) is 5.04. The monoisotopic (exact) mass is 269 g/mol. The van der Waals surface area contributed by atoms with Gasteiger partial charge >= 0.3 is 5.69 Å². The van der Waals surface area contributed by atoms with E-state index in [1.54, 1.807) is 19.4 Å². The Morgan fingerprint density at radius 2 is 2.42 bits per heavy atom. The summed E-state index contributed by atoms with van der Waals surface area (Å²) in [4.78, 5) is 15.5. The Labute approximate surface area is 111 Å². The number of nitrogen functional groups attached to an aromatic ring is 1. The number of rotatable bonds is 5. The second-order valence-corrected chi connectivity index (χ2v) is 4.34. The first-order valence-electron chi connectivity index (χ1n) is 6.26. The van der Waals surface area contributed by atoms with Crippen LogP contribution in [0.25, 0.3) is 0 Å². The summed E-state index contributed by atoms with van der Waals surface area (Å²) in [5, 5.41) is 0. The number of hydrogen-bond acceptors (Lipinski definition) is 6. The summed E-state index contributed by atoms with van der Waals surface area (Å²) in [6, 6.07) is 1.57. The molecule has 2 rings (SSSR count). The Kier molecular flexibility index (Phi) is 4.52. The van der Waals surface area contributed by atoms with Crippen molar-refractivity contribution >= 4 is 5.82 Å². The molecular weight excluding hydrogens is 250 g/mol. The third-order valence-electron chi connectivity index (χ3n) is 3.13. The molecule has 1 aliphatic heterocycles. The van der Waals surface area contributed by atoms with Crippen molar-refractivity contribution in [2.45, 2.75) is 31.8 Å². The lowest BCUT2D eigenvalue weighted by Gasteiger charge is -2.16. The first-order chi connectivity index (χ1) is 9.15. The van der Waals surface area contributed by atoms with Crippen molar-refractivity contribution in [3.8, 4) is 0 Å². The summed E-state index contributed by atoms with van der Waals surface area (Å²) in [7, 11) is 1.62. The molecule has 7 nitrogen and oxygen atoms in total. The molecule has 0 radical (unpaired) electrons. The van der Waals surface area contributed by atoms with Gasteiger partial charge in [-0.1, -0.05) is 0 Å². The van der Waals surface area contributed by atoms with E-state index < -0.39 is 11.9 Å². The molecular formula is C12H19N3O4. The first-order valence-corrected chi connectivity index (χ1v) is 6.26. The molecule has 0 amide bonds. The quantitative estimate of drug-likeness (QED) is 0.819. The molecule has 0 bridgehead atoms. The summed E-state index contributed by atoms with van der Waals surface area (Å²) in [6.45, 7) is 2.98. The van der Waals surface area contributed by atoms with Gasteiger partial charge in [-0.2, -0.15) is 4.98 Å². The fraction of sp³-hybridized carbons (Fsp3) is 0.667. The van der Waals surface area contributed by atoms with Crippen molar-refractivity contribution in [1.29, 1.82) is 0 Å². The van der Waals surface area contributed by atoms with Gasteiger partial charge in [-0.3, -0.25) is 4.57 Å². The number of nitrogens with zero attached hydrogens (tertiary/aromatic N) is 2. The number of methoxy groups -OCH3 is 1. The van der Waals surface area contributed by atoms with E-state index in [-0.39, 0.29) is 18.0 Å². The predicted octanol–water partition coefficient (Wildman–Crippen LogP) is 0.164. The van der Waals surface area contributed by atoms with E-state index in [1.165, 1.54) is 4.57 Å². The average molecular weight is 269 g/mol. The maximum atomic E-state index is 11.8. The Bertz CT molecular complexity index is 476. The second kappa shape index (κ2) is 6.14. The molecule has 0 spiro atoms. The highest BCUT2D eigenvalue weighted by Crippen LogP contribution is 2.29. The smallest absolute Gasteiger partial charge is 0.351 e. The van der Waals surface area contributed by atoms with Gasteiger partial charge in [0.1, 0.15) is 18.1 Å². The topological polar surface area (TPSA) is 88.6 Å². The highest BCUT2D eigenvalue weighted by molar-refractivity contribution is 5.23. The van der Waals surface area contributed by atoms with Gasteiger partial charge in [-0.25, -0.2) is 4.79 Å². The van der Waals surface area contributed by atoms with Crippen molar-refractivity contribution in [2.75, 3.05) is 26.1 Å². The maximum absolute atomic E-state index is 11.8. The Morgan fingerprint density at radius 3 is 3.05 bits per heavy atom. The van der Waals surface area contributed by atoms with Crippen LogP contribution in [0.4, 0.5) is 5.82 Å². The van der Waals surface area contributed by atoms with E-state index in [0.29, 0.717) is 19.6 Å². The van der Waals surface area contributed by atoms with Gasteiger partial charge in [0.25, 0.3) is 0 Å². The van der Waals surface area contributed by atoms with Gasteiger partial charge in [-0.05, 0) is 13.0 Å². The van der Waals surface area contributed by atoms with Crippen LogP contribution < -0.4 is 11.4 Å². The zero-order valence-corrected chi connectivity index (χ0v) is 11.1. The molecule has 1 saturated heterocycles. The van der Waals surface area contributed by atoms with E-state index in [0.717, 1.165) is 0 Å². The molecule has 2 heterocycles. The fourth-order valence-electron chi connectivity index (χ4n) is 2.15. The highest BCUT2D eigenvalue weighted by Gasteiger charge is 2.36. The van der Waals surface area contributed by atoms with E-state index >= 15 is 0 Å². The molecule has 19 heavy (non-hydrogen) atoms. The largest absolute Gasteiger partial charge is 0.383 e. The molecule has 0 unspecified atom stereocenters. The van der Waals surface area contributed by atoms with Crippen LogP contribution in [0.3, 0.4) is 0 Å². The van der Waals surface area contributed by atoms with Crippen LogP contribution in [-0.2, 0) is 14.2 Å². The number of ether oxygens (including phenoxy) is 3. The SMILES string of the molecule is CCOC[C@H]1O[C@H](n2ccc(N)nc2=O)C[C@@H]1OC. The molecule has 1 fully saturated rings. The summed E-state index contributed by atoms with van der Waals surface area (Å²) < 4.78 is 18.0. The van der Waals surface area contributed by atoms with E-state index in [4.69, 9.17) is 19.9 Å². The minimum Gasteiger partial charge on any atom is -0.383 e. The van der Waals surface area contributed by atoms with Gasteiger partial charge in [0.2, 0.25) is 0 Å². The minimum absolute atomic E-state index is 0.0963. The zero-order valence-electron chi connectivity index (χ0n) is 11.1. The number of nitrogens with two attached hydrogens (primary N) is 1. The molecule has 106 valence electrons. The van der Waals surface area contributed by atoms with Gasteiger partial charge in [0.05, 0.1) is 12.7 Å². The van der Waals surface area contributed by atoms with Crippen molar-refractivity contribution in [3.05, 3.63) is 22.7 Å². The lowest BCUT2D eigenvalue weighted by molar-refractivity contribution is -0.0683. The Morgan fingerprint density at radius 1 is 1.63 bits per heavy atom. The van der Waals surface area contributed by atoms with Crippen LogP contribution in [0.5, 0.6) is 0 Å². The standard InChI is InChI=1S/C12H19N3O4/c1-3-18-7-9-8(17-2)6-11(19-9)15-5-4-10(13)14-12(15)16/h4-5,8-9,11H,3,6-7H2,1-2H3,(H2,13,14,16)/t8-,9+,11-/m0/s1. The van der Waals surface area contributed by atoms with Crippen LogP contribution >= 0.6 is 0 Å². The van der Waals surface area contributed by atoms with E-state index in [1.807, 2.05) is 6.92 Å². The second-order valence-electron chi connectivity index (χ2n) is 4.34. The van der Waals surface area contributed by atoms with Crippen molar-refractivity contribution < 1.29 is 14.2 Å². The maximum Gasteiger partial charge on any atom is 0.351 e. The van der Waals surface area contributed by atoms with Gasteiger partial charge < -0.3 is 19.9 Å². The van der Waals surface area contributed by atoms with Crippen LogP contribution in [0.2, 0.25) is 0 Å². The van der Waals surface area contributed by atoms with Crippen LogP contribution in [-0.4, -0.2) is 42.1 Å². The average Bonchev–Trinajstić information content (AvgIpc) is 2.79. The minimum atomic E-state index is -0.420. The van der Waals surface area contributed by atoms with Crippen molar-refractivity contribution in [3.63, 3.8) is 0 Å². The number of hydrogen-bond donors (Lipinski definition) is 1. The summed E-state index contributed by atoms with van der Waals surface area (Å²) in [6.07, 6.45) is 1.50. The Hall–Kier alpha value is -1.44. The molecule has 0 aliphatic carbocycles. The molecule has 3 atom stereocenters.